The van der Waals surface area contributed by atoms with E-state index in [4.69, 9.17) is 29.0 Å². The molecule has 0 fully saturated rings. The van der Waals surface area contributed by atoms with Crippen LogP contribution >= 0.6 is 0 Å². The molecule has 0 aliphatic heterocycles. The minimum Gasteiger partial charge on any atom is -0.741 e. The van der Waals surface area contributed by atoms with E-state index in [9.17, 15) is 13.2 Å². The van der Waals surface area contributed by atoms with E-state index in [2.05, 4.69) is 0 Å². The Balaban J connectivity index is 0.000000281. The van der Waals surface area contributed by atoms with Crippen molar-refractivity contribution < 1.29 is 42.2 Å². The van der Waals surface area contributed by atoms with Crippen molar-refractivity contribution in [1.82, 2.24) is 0 Å². The quantitative estimate of drug-likeness (QED) is 0.411. The molecule has 1 rings (SSSR count). The van der Waals surface area contributed by atoms with E-state index in [1.54, 1.807) is 0 Å². The van der Waals surface area contributed by atoms with Crippen LogP contribution < -0.4 is 4.46 Å². The molecule has 0 aliphatic carbocycles. The van der Waals surface area contributed by atoms with Gasteiger partial charge in [0.15, 0.2) is 10.1 Å². The van der Waals surface area contributed by atoms with Gasteiger partial charge in [-0.1, -0.05) is 0 Å². The third kappa shape index (κ3) is 5.50. The molecule has 3 nitrogen and oxygen atoms in total. The number of aryl methyl sites for hydroxylation is 1. The van der Waals surface area contributed by atoms with Gasteiger partial charge in [0.05, 0.1) is 0 Å². The maximum atomic E-state index is 10.7. The monoisotopic (exact) mass is 303 g/mol. The molecule has 0 saturated heterocycles. The van der Waals surface area contributed by atoms with Crippen molar-refractivity contribution in [3.05, 3.63) is 29.8 Å². The maximum absolute atomic E-state index is 10.7. The second-order valence-electron chi connectivity index (χ2n) is 2.61. The van der Waals surface area contributed by atoms with Gasteiger partial charge in [0.25, 0.3) is 0 Å². The first kappa shape index (κ1) is 15.4. The number of hydrogen-bond acceptors (Lipinski definition) is 3. The Morgan fingerprint density at radius 1 is 1.25 bits per heavy atom. The standard InChI is InChI=1S/C7H7.CHF3O3S.Cu/c1-7-5-3-2-4-6-7;2-1(3,4)8(5,6)7;/h2-5H,1H3;(H,5,6,7);/q;;+1/p-1. The van der Waals surface area contributed by atoms with Crippen molar-refractivity contribution in [2.24, 2.45) is 0 Å². The van der Waals surface area contributed by atoms with Crippen molar-refractivity contribution in [2.45, 2.75) is 12.4 Å². The van der Waals surface area contributed by atoms with Crippen LogP contribution in [0.3, 0.4) is 0 Å². The van der Waals surface area contributed by atoms with Crippen LogP contribution in [0.25, 0.3) is 0 Å². The zero-order valence-electron chi connectivity index (χ0n) is 7.88. The summed E-state index contributed by atoms with van der Waals surface area (Å²) >= 11 is 5.09. The van der Waals surface area contributed by atoms with Gasteiger partial charge in [0.1, 0.15) is 0 Å². The summed E-state index contributed by atoms with van der Waals surface area (Å²) in [6, 6.07) is 7.87. The van der Waals surface area contributed by atoms with Crippen LogP contribution in [0.2, 0.25) is 0 Å². The van der Waals surface area contributed by atoms with E-state index in [-0.39, 0.29) is 0 Å². The van der Waals surface area contributed by atoms with E-state index in [0.717, 1.165) is 4.46 Å². The normalized spacial score (nSPS) is 11.7. The van der Waals surface area contributed by atoms with E-state index >= 15 is 0 Å². The molecule has 0 heterocycles. The molecule has 0 atom stereocenters. The molecule has 0 radical (unpaired) electrons. The fraction of sp³-hybridized carbons (Fsp3) is 0.250. The zero-order valence-corrected chi connectivity index (χ0v) is 9.64. The second kappa shape index (κ2) is 5.67. The number of halogens is 3. The molecule has 1 aromatic rings. The molecule has 0 N–H and O–H groups in total. The summed E-state index contributed by atoms with van der Waals surface area (Å²) in [7, 11) is -6.09. The maximum Gasteiger partial charge on any atom is 0.485 e. The molecular formula is C8H7CuF3O3S. The molecule has 0 saturated carbocycles. The van der Waals surface area contributed by atoms with Gasteiger partial charge in [-0.3, -0.25) is 0 Å². The van der Waals surface area contributed by atoms with Crippen LogP contribution in [0.1, 0.15) is 5.56 Å². The van der Waals surface area contributed by atoms with E-state index in [1.165, 1.54) is 5.56 Å². The van der Waals surface area contributed by atoms with Crippen molar-refractivity contribution in [1.29, 1.82) is 0 Å². The second-order valence-corrected chi connectivity index (χ2v) is 4.49. The summed E-state index contributed by atoms with van der Waals surface area (Å²) < 4.78 is 59.8. The number of benzene rings is 1. The van der Waals surface area contributed by atoms with Gasteiger partial charge in [-0.25, -0.2) is 8.42 Å². The Morgan fingerprint density at radius 3 is 1.81 bits per heavy atom. The smallest absolute Gasteiger partial charge is 0.485 e. The van der Waals surface area contributed by atoms with Gasteiger partial charge in [-0.2, -0.15) is 13.2 Å². The largest absolute Gasteiger partial charge is 0.741 e. The van der Waals surface area contributed by atoms with Crippen LogP contribution in [0.15, 0.2) is 24.3 Å². The molecule has 95 valence electrons. The predicted octanol–water partition coefficient (Wildman–Crippen LogP) is 1.22. The van der Waals surface area contributed by atoms with E-state index in [1.807, 2.05) is 31.2 Å². The molecule has 0 spiro atoms. The Bertz CT molecular complexity index is 421. The number of hydrogen-bond donors (Lipinski definition) is 0. The van der Waals surface area contributed by atoms with Crippen molar-refractivity contribution in [3.63, 3.8) is 0 Å². The molecule has 0 aliphatic rings. The predicted molar refractivity (Wildman–Crippen MR) is 46.6 cm³/mol. The minimum absolute atomic E-state index is 0.931. The van der Waals surface area contributed by atoms with Gasteiger partial charge in [-0.15, -0.1) is 0 Å². The van der Waals surface area contributed by atoms with Crippen LogP contribution in [0.4, 0.5) is 13.2 Å². The molecule has 0 bridgehead atoms. The van der Waals surface area contributed by atoms with Crippen LogP contribution in [-0.2, 0) is 26.1 Å². The summed E-state index contributed by atoms with van der Waals surface area (Å²) in [5.74, 6) is 0. The molecule has 8 heteroatoms. The van der Waals surface area contributed by atoms with E-state index < -0.39 is 15.6 Å². The summed E-state index contributed by atoms with van der Waals surface area (Å²) in [6.45, 7) is 2.01. The third-order valence-corrected chi connectivity index (χ3v) is 2.41. The van der Waals surface area contributed by atoms with Gasteiger partial charge < -0.3 is 4.55 Å². The molecule has 1 aromatic carbocycles. The summed E-state index contributed by atoms with van der Waals surface area (Å²) in [6.07, 6.45) is 0. The van der Waals surface area contributed by atoms with Gasteiger partial charge in [0.2, 0.25) is 0 Å². The van der Waals surface area contributed by atoms with Crippen molar-refractivity contribution in [3.8, 4) is 0 Å². The minimum atomic E-state index is -6.09. The first-order chi connectivity index (χ1) is 7.05. The first-order valence-corrected chi connectivity index (χ1v) is 5.63. The topological polar surface area (TPSA) is 57.2 Å². The number of alkyl halides is 3. The Morgan fingerprint density at radius 2 is 1.62 bits per heavy atom. The average molecular weight is 304 g/mol. The Kier molecular flexibility index (Phi) is 5.48. The fourth-order valence-electron chi connectivity index (χ4n) is 0.537. The SMILES string of the molecule is Cc1cccc[c]1[Cu+].O=S(=O)([O-])C(F)(F)F. The van der Waals surface area contributed by atoms with Crippen LogP contribution in [-0.4, -0.2) is 18.5 Å². The Hall–Kier alpha value is -0.561. The van der Waals surface area contributed by atoms with Crippen LogP contribution in [0, 0.1) is 6.92 Å². The molecule has 0 unspecified atom stereocenters. The zero-order chi connectivity index (χ0) is 13.0. The molecule has 16 heavy (non-hydrogen) atoms. The summed E-state index contributed by atoms with van der Waals surface area (Å²) in [4.78, 5) is 0. The van der Waals surface area contributed by atoms with Gasteiger partial charge >= 0.3 is 62.7 Å². The van der Waals surface area contributed by atoms with Gasteiger partial charge in [0, 0.05) is 0 Å². The fourth-order valence-corrected chi connectivity index (χ4v) is 0.706. The van der Waals surface area contributed by atoms with E-state index in [0.29, 0.717) is 0 Å². The molecule has 0 amide bonds. The molecule has 0 aromatic heterocycles. The first-order valence-electron chi connectivity index (χ1n) is 3.75. The van der Waals surface area contributed by atoms with Crippen LogP contribution in [0.5, 0.6) is 0 Å². The van der Waals surface area contributed by atoms with Crippen molar-refractivity contribution >= 4 is 14.6 Å². The molecular weight excluding hydrogens is 297 g/mol. The third-order valence-electron chi connectivity index (χ3n) is 1.32. The summed E-state index contributed by atoms with van der Waals surface area (Å²) in [5, 5.41) is 0. The van der Waals surface area contributed by atoms with Crippen molar-refractivity contribution in [2.75, 3.05) is 0 Å². The average Bonchev–Trinajstić information content (AvgIpc) is 2.08. The Labute approximate surface area is 99.2 Å². The van der Waals surface area contributed by atoms with Gasteiger partial charge in [-0.05, 0) is 0 Å². The summed E-state index contributed by atoms with van der Waals surface area (Å²) in [5.41, 5.74) is -4.47. The number of rotatable bonds is 0.